The summed E-state index contributed by atoms with van der Waals surface area (Å²) in [7, 11) is 0. The molecule has 0 amide bonds. The Morgan fingerprint density at radius 1 is 1.39 bits per heavy atom. The summed E-state index contributed by atoms with van der Waals surface area (Å²) in [6.07, 6.45) is 2.00. The smallest absolute Gasteiger partial charge is 0.0971 e. The lowest BCUT2D eigenvalue weighted by Gasteiger charge is -2.32. The normalized spacial score (nSPS) is 19.5. The van der Waals surface area contributed by atoms with Gasteiger partial charge in [0, 0.05) is 19.1 Å². The number of ether oxygens (including phenoxy) is 1. The minimum absolute atomic E-state index is 0.420. The number of nitrogens with zero attached hydrogens (tertiary/aromatic N) is 5. The third-order valence-corrected chi connectivity index (χ3v) is 5.11. The molecule has 3 heterocycles. The molecule has 1 saturated heterocycles. The van der Waals surface area contributed by atoms with Crippen LogP contribution in [0.5, 0.6) is 0 Å². The highest BCUT2D eigenvalue weighted by atomic mass is 32.1. The topological polar surface area (TPSA) is 56.1 Å². The van der Waals surface area contributed by atoms with Gasteiger partial charge in [0.05, 0.1) is 46.0 Å². The molecule has 1 aliphatic heterocycles. The number of fused-ring (bicyclic) bond motifs is 1. The van der Waals surface area contributed by atoms with E-state index in [1.165, 1.54) is 4.70 Å². The summed E-state index contributed by atoms with van der Waals surface area (Å²) in [5, 5.41) is 9.68. The Morgan fingerprint density at radius 2 is 2.30 bits per heavy atom. The number of rotatable bonds is 3. The van der Waals surface area contributed by atoms with Gasteiger partial charge in [0.2, 0.25) is 0 Å². The van der Waals surface area contributed by atoms with E-state index >= 15 is 0 Å². The minimum Gasteiger partial charge on any atom is -0.379 e. The fourth-order valence-electron chi connectivity index (χ4n) is 2.88. The predicted octanol–water partition coefficient (Wildman–Crippen LogP) is 2.41. The van der Waals surface area contributed by atoms with Gasteiger partial charge in [-0.05, 0) is 32.0 Å². The van der Waals surface area contributed by atoms with E-state index in [-0.39, 0.29) is 0 Å². The van der Waals surface area contributed by atoms with Crippen LogP contribution in [0.15, 0.2) is 24.4 Å². The number of hydrogen-bond acceptors (Lipinski definition) is 6. The summed E-state index contributed by atoms with van der Waals surface area (Å²) < 4.78 is 8.51. The third kappa shape index (κ3) is 2.99. The van der Waals surface area contributed by atoms with Gasteiger partial charge in [-0.25, -0.2) is 9.67 Å². The van der Waals surface area contributed by atoms with E-state index < -0.39 is 0 Å². The van der Waals surface area contributed by atoms with E-state index in [1.807, 2.05) is 17.8 Å². The Kier molecular flexibility index (Phi) is 3.84. The van der Waals surface area contributed by atoms with E-state index in [1.54, 1.807) is 11.3 Å². The van der Waals surface area contributed by atoms with Crippen molar-refractivity contribution in [1.82, 2.24) is 24.9 Å². The van der Waals surface area contributed by atoms with Crippen molar-refractivity contribution in [1.29, 1.82) is 0 Å². The molecule has 0 saturated carbocycles. The van der Waals surface area contributed by atoms with Gasteiger partial charge in [-0.3, -0.25) is 4.90 Å². The summed E-state index contributed by atoms with van der Waals surface area (Å²) in [4.78, 5) is 6.92. The van der Waals surface area contributed by atoms with Crippen molar-refractivity contribution >= 4 is 21.6 Å². The van der Waals surface area contributed by atoms with E-state index in [0.717, 1.165) is 48.2 Å². The van der Waals surface area contributed by atoms with Crippen LogP contribution in [-0.4, -0.2) is 50.7 Å². The van der Waals surface area contributed by atoms with Gasteiger partial charge in [0.25, 0.3) is 0 Å². The van der Waals surface area contributed by atoms with E-state index in [2.05, 4.69) is 45.3 Å². The van der Waals surface area contributed by atoms with Crippen molar-refractivity contribution in [2.75, 3.05) is 19.8 Å². The van der Waals surface area contributed by atoms with Crippen molar-refractivity contribution in [2.24, 2.45) is 0 Å². The van der Waals surface area contributed by atoms with Crippen LogP contribution in [0, 0.1) is 6.92 Å². The largest absolute Gasteiger partial charge is 0.379 e. The second kappa shape index (κ2) is 5.99. The predicted molar refractivity (Wildman–Crippen MR) is 90.0 cm³/mol. The maximum absolute atomic E-state index is 5.48. The molecule has 1 atom stereocenters. The van der Waals surface area contributed by atoms with Crippen molar-refractivity contribution in [3.05, 3.63) is 35.1 Å². The standard InChI is InChI=1S/C16H19N5OS/c1-11-10-22-6-5-20(11)8-13-9-21(19-18-13)14-3-4-16-15(7-14)17-12(2)23-16/h3-4,7,9,11H,5-6,8,10H2,1-2H3/t11-/m1/s1. The zero-order valence-electron chi connectivity index (χ0n) is 13.3. The first-order valence-corrected chi connectivity index (χ1v) is 8.61. The molecule has 1 aromatic carbocycles. The average molecular weight is 329 g/mol. The number of morpholine rings is 1. The summed E-state index contributed by atoms with van der Waals surface area (Å²) in [5.74, 6) is 0. The highest BCUT2D eigenvalue weighted by molar-refractivity contribution is 7.18. The summed E-state index contributed by atoms with van der Waals surface area (Å²) in [6.45, 7) is 7.54. The van der Waals surface area contributed by atoms with Gasteiger partial charge >= 0.3 is 0 Å². The fourth-order valence-corrected chi connectivity index (χ4v) is 3.68. The van der Waals surface area contributed by atoms with Gasteiger partial charge in [-0.15, -0.1) is 16.4 Å². The third-order valence-electron chi connectivity index (χ3n) is 4.15. The van der Waals surface area contributed by atoms with Crippen LogP contribution in [-0.2, 0) is 11.3 Å². The van der Waals surface area contributed by atoms with Gasteiger partial charge in [-0.1, -0.05) is 5.21 Å². The number of hydrogen-bond donors (Lipinski definition) is 0. The second-order valence-electron chi connectivity index (χ2n) is 5.93. The molecular formula is C16H19N5OS. The first kappa shape index (κ1) is 14.7. The molecule has 1 fully saturated rings. The van der Waals surface area contributed by atoms with Gasteiger partial charge in [0.15, 0.2) is 0 Å². The van der Waals surface area contributed by atoms with Crippen molar-refractivity contribution in [2.45, 2.75) is 26.4 Å². The number of thiazole rings is 1. The zero-order valence-corrected chi connectivity index (χ0v) is 14.1. The molecule has 0 radical (unpaired) electrons. The molecule has 2 aromatic heterocycles. The first-order valence-electron chi connectivity index (χ1n) is 7.79. The molecule has 0 spiro atoms. The van der Waals surface area contributed by atoms with Gasteiger partial charge in [0.1, 0.15) is 0 Å². The molecule has 0 N–H and O–H groups in total. The highest BCUT2D eigenvalue weighted by Gasteiger charge is 2.20. The monoisotopic (exact) mass is 329 g/mol. The zero-order chi connectivity index (χ0) is 15.8. The fraction of sp³-hybridized carbons (Fsp3) is 0.438. The Labute approximate surface area is 138 Å². The van der Waals surface area contributed by atoms with Crippen LogP contribution in [0.3, 0.4) is 0 Å². The molecular weight excluding hydrogens is 310 g/mol. The maximum atomic E-state index is 5.48. The number of benzene rings is 1. The van der Waals surface area contributed by atoms with Crippen LogP contribution in [0.25, 0.3) is 15.9 Å². The molecule has 4 rings (SSSR count). The average Bonchev–Trinajstić information content (AvgIpc) is 3.14. The molecule has 3 aromatic rings. The molecule has 23 heavy (non-hydrogen) atoms. The lowest BCUT2D eigenvalue weighted by molar-refractivity contribution is -0.00492. The van der Waals surface area contributed by atoms with Crippen molar-refractivity contribution in [3.8, 4) is 5.69 Å². The van der Waals surface area contributed by atoms with E-state index in [0.29, 0.717) is 6.04 Å². The SMILES string of the molecule is Cc1nc2cc(-n3cc(CN4CCOC[C@H]4C)nn3)ccc2s1. The van der Waals surface area contributed by atoms with Crippen molar-refractivity contribution in [3.63, 3.8) is 0 Å². The van der Waals surface area contributed by atoms with Crippen LogP contribution in [0.2, 0.25) is 0 Å². The molecule has 7 heteroatoms. The molecule has 0 aliphatic carbocycles. The summed E-state index contributed by atoms with van der Waals surface area (Å²) in [6, 6.07) is 6.65. The maximum Gasteiger partial charge on any atom is 0.0971 e. The Bertz CT molecular complexity index is 827. The lowest BCUT2D eigenvalue weighted by atomic mass is 10.2. The summed E-state index contributed by atoms with van der Waals surface area (Å²) in [5.41, 5.74) is 2.99. The highest BCUT2D eigenvalue weighted by Crippen LogP contribution is 2.23. The van der Waals surface area contributed by atoms with Gasteiger partial charge in [-0.2, -0.15) is 0 Å². The Balaban J connectivity index is 1.56. The first-order chi connectivity index (χ1) is 11.2. The minimum atomic E-state index is 0.420. The van der Waals surface area contributed by atoms with Crippen LogP contribution in [0.4, 0.5) is 0 Å². The van der Waals surface area contributed by atoms with E-state index in [9.17, 15) is 0 Å². The number of aryl methyl sites for hydroxylation is 1. The molecule has 0 bridgehead atoms. The van der Waals surface area contributed by atoms with E-state index in [4.69, 9.17) is 4.74 Å². The molecule has 0 unspecified atom stereocenters. The Morgan fingerprint density at radius 3 is 3.17 bits per heavy atom. The molecule has 1 aliphatic rings. The Hall–Kier alpha value is -1.83. The van der Waals surface area contributed by atoms with Crippen LogP contribution in [0.1, 0.15) is 17.6 Å². The number of aromatic nitrogens is 4. The molecule has 120 valence electrons. The van der Waals surface area contributed by atoms with Crippen molar-refractivity contribution < 1.29 is 4.74 Å². The second-order valence-corrected chi connectivity index (χ2v) is 7.17. The lowest BCUT2D eigenvalue weighted by Crippen LogP contribution is -2.42. The van der Waals surface area contributed by atoms with Gasteiger partial charge < -0.3 is 4.74 Å². The summed E-state index contributed by atoms with van der Waals surface area (Å²) >= 11 is 1.71. The van der Waals surface area contributed by atoms with Crippen LogP contribution >= 0.6 is 11.3 Å². The quantitative estimate of drug-likeness (QED) is 0.738. The molecule has 6 nitrogen and oxygen atoms in total. The van der Waals surface area contributed by atoms with Crippen LogP contribution < -0.4 is 0 Å².